The molecule has 0 radical (unpaired) electrons. The molecule has 0 saturated carbocycles. The Balaban J connectivity index is 2.29. The van der Waals surface area contributed by atoms with Crippen molar-refractivity contribution in [3.8, 4) is 0 Å². The summed E-state index contributed by atoms with van der Waals surface area (Å²) in [7, 11) is 0. The molecule has 96 valence electrons. The summed E-state index contributed by atoms with van der Waals surface area (Å²) >= 11 is 1.82. The van der Waals surface area contributed by atoms with E-state index in [9.17, 15) is 0 Å². The van der Waals surface area contributed by atoms with Crippen LogP contribution in [0.3, 0.4) is 0 Å². The molecule has 2 N–H and O–H groups in total. The van der Waals surface area contributed by atoms with Crippen molar-refractivity contribution in [2.75, 3.05) is 19.0 Å². The maximum absolute atomic E-state index is 5.86. The van der Waals surface area contributed by atoms with Crippen LogP contribution in [0.15, 0.2) is 29.2 Å². The van der Waals surface area contributed by atoms with E-state index >= 15 is 0 Å². The third-order valence-corrected chi connectivity index (χ3v) is 3.29. The van der Waals surface area contributed by atoms with Gasteiger partial charge in [-0.05, 0) is 30.5 Å². The molecule has 3 heteroatoms. The van der Waals surface area contributed by atoms with E-state index in [0.717, 1.165) is 19.0 Å². The Hall–Kier alpha value is -0.510. The SMILES string of the molecule is CC(C)COCCSc1cccc(C(C)N)c1. The first-order valence-corrected chi connectivity index (χ1v) is 7.14. The molecule has 0 aliphatic carbocycles. The smallest absolute Gasteiger partial charge is 0.0560 e. The van der Waals surface area contributed by atoms with E-state index in [1.54, 1.807) is 0 Å². The number of rotatable bonds is 7. The van der Waals surface area contributed by atoms with Gasteiger partial charge in [-0.25, -0.2) is 0 Å². The topological polar surface area (TPSA) is 35.2 Å². The van der Waals surface area contributed by atoms with Gasteiger partial charge in [-0.3, -0.25) is 0 Å². The van der Waals surface area contributed by atoms with Crippen LogP contribution >= 0.6 is 11.8 Å². The molecule has 1 atom stereocenters. The first-order chi connectivity index (χ1) is 8.09. The van der Waals surface area contributed by atoms with E-state index in [-0.39, 0.29) is 6.04 Å². The molecule has 1 aromatic carbocycles. The number of hydrogen-bond acceptors (Lipinski definition) is 3. The molecular weight excluding hydrogens is 230 g/mol. The van der Waals surface area contributed by atoms with Gasteiger partial charge in [0.05, 0.1) is 6.61 Å². The first kappa shape index (κ1) is 14.6. The lowest BCUT2D eigenvalue weighted by molar-refractivity contribution is 0.124. The Morgan fingerprint density at radius 1 is 1.29 bits per heavy atom. The minimum absolute atomic E-state index is 0.104. The van der Waals surface area contributed by atoms with E-state index in [0.29, 0.717) is 5.92 Å². The van der Waals surface area contributed by atoms with Crippen LogP contribution in [0.1, 0.15) is 32.4 Å². The Morgan fingerprint density at radius 2 is 2.06 bits per heavy atom. The van der Waals surface area contributed by atoms with Crippen LogP contribution in [0.25, 0.3) is 0 Å². The number of ether oxygens (including phenoxy) is 1. The van der Waals surface area contributed by atoms with Crippen LogP contribution in [-0.4, -0.2) is 19.0 Å². The third kappa shape index (κ3) is 6.10. The second kappa shape index (κ2) is 7.75. The maximum Gasteiger partial charge on any atom is 0.0560 e. The second-order valence-corrected chi connectivity index (χ2v) is 5.85. The van der Waals surface area contributed by atoms with E-state index in [1.807, 2.05) is 18.7 Å². The van der Waals surface area contributed by atoms with Crippen molar-refractivity contribution < 1.29 is 4.74 Å². The minimum Gasteiger partial charge on any atom is -0.380 e. The maximum atomic E-state index is 5.86. The van der Waals surface area contributed by atoms with Crippen molar-refractivity contribution in [1.29, 1.82) is 0 Å². The zero-order chi connectivity index (χ0) is 12.7. The molecule has 2 nitrogen and oxygen atoms in total. The molecule has 0 bridgehead atoms. The molecule has 1 rings (SSSR count). The van der Waals surface area contributed by atoms with E-state index in [2.05, 4.69) is 38.1 Å². The number of benzene rings is 1. The van der Waals surface area contributed by atoms with Crippen molar-refractivity contribution >= 4 is 11.8 Å². The summed E-state index contributed by atoms with van der Waals surface area (Å²) in [6.07, 6.45) is 0. The van der Waals surface area contributed by atoms with Crippen molar-refractivity contribution in [1.82, 2.24) is 0 Å². The molecule has 17 heavy (non-hydrogen) atoms. The van der Waals surface area contributed by atoms with Crippen LogP contribution in [0.5, 0.6) is 0 Å². The molecular formula is C14H23NOS. The predicted octanol–water partition coefficient (Wildman–Crippen LogP) is 3.47. The largest absolute Gasteiger partial charge is 0.380 e. The number of hydrogen-bond donors (Lipinski definition) is 1. The van der Waals surface area contributed by atoms with Gasteiger partial charge in [0.15, 0.2) is 0 Å². The summed E-state index contributed by atoms with van der Waals surface area (Å²) in [4.78, 5) is 1.27. The number of nitrogens with two attached hydrogens (primary N) is 1. The van der Waals surface area contributed by atoms with Gasteiger partial charge in [0.1, 0.15) is 0 Å². The highest BCUT2D eigenvalue weighted by atomic mass is 32.2. The fourth-order valence-electron chi connectivity index (χ4n) is 1.43. The predicted molar refractivity (Wildman–Crippen MR) is 75.4 cm³/mol. The van der Waals surface area contributed by atoms with Crippen LogP contribution in [0.4, 0.5) is 0 Å². The van der Waals surface area contributed by atoms with Gasteiger partial charge in [0, 0.05) is 23.3 Å². The fourth-order valence-corrected chi connectivity index (χ4v) is 2.26. The van der Waals surface area contributed by atoms with Gasteiger partial charge >= 0.3 is 0 Å². The molecule has 0 amide bonds. The molecule has 0 aliphatic heterocycles. The van der Waals surface area contributed by atoms with Crippen molar-refractivity contribution in [2.24, 2.45) is 11.7 Å². The molecule has 0 spiro atoms. The average Bonchev–Trinajstić information content (AvgIpc) is 2.28. The van der Waals surface area contributed by atoms with Gasteiger partial charge in [-0.15, -0.1) is 11.8 Å². The minimum atomic E-state index is 0.104. The molecule has 0 saturated heterocycles. The molecule has 0 aliphatic rings. The third-order valence-electron chi connectivity index (χ3n) is 2.33. The molecule has 1 unspecified atom stereocenters. The highest BCUT2D eigenvalue weighted by Gasteiger charge is 2.01. The zero-order valence-corrected chi connectivity index (χ0v) is 11.8. The Morgan fingerprint density at radius 3 is 2.71 bits per heavy atom. The quantitative estimate of drug-likeness (QED) is 0.597. The van der Waals surface area contributed by atoms with Crippen LogP contribution < -0.4 is 5.73 Å². The Bertz CT molecular complexity index is 326. The first-order valence-electron chi connectivity index (χ1n) is 6.15. The summed E-state index contributed by atoms with van der Waals surface area (Å²) in [6, 6.07) is 8.53. The van der Waals surface area contributed by atoms with Crippen molar-refractivity contribution in [3.63, 3.8) is 0 Å². The van der Waals surface area contributed by atoms with Crippen molar-refractivity contribution in [3.05, 3.63) is 29.8 Å². The summed E-state index contributed by atoms with van der Waals surface area (Å²) in [5, 5.41) is 0. The second-order valence-electron chi connectivity index (χ2n) is 4.68. The van der Waals surface area contributed by atoms with Crippen LogP contribution in [-0.2, 0) is 4.74 Å². The highest BCUT2D eigenvalue weighted by Crippen LogP contribution is 2.21. The van der Waals surface area contributed by atoms with Gasteiger partial charge in [-0.1, -0.05) is 26.0 Å². The van der Waals surface area contributed by atoms with Gasteiger partial charge in [-0.2, -0.15) is 0 Å². The van der Waals surface area contributed by atoms with Gasteiger partial charge in [0.25, 0.3) is 0 Å². The molecule has 0 fully saturated rings. The monoisotopic (exact) mass is 253 g/mol. The Kier molecular flexibility index (Phi) is 6.63. The lowest BCUT2D eigenvalue weighted by Gasteiger charge is -2.09. The molecule has 1 aromatic rings. The average molecular weight is 253 g/mol. The van der Waals surface area contributed by atoms with Gasteiger partial charge < -0.3 is 10.5 Å². The Labute approximate surface area is 109 Å². The summed E-state index contributed by atoms with van der Waals surface area (Å²) in [6.45, 7) is 8.00. The van der Waals surface area contributed by atoms with E-state index < -0.39 is 0 Å². The zero-order valence-electron chi connectivity index (χ0n) is 11.0. The standard InChI is InChI=1S/C14H23NOS/c1-11(2)10-16-7-8-17-14-6-4-5-13(9-14)12(3)15/h4-6,9,11-12H,7-8,10,15H2,1-3H3. The lowest BCUT2D eigenvalue weighted by Crippen LogP contribution is -2.05. The van der Waals surface area contributed by atoms with Gasteiger partial charge in [0.2, 0.25) is 0 Å². The summed E-state index contributed by atoms with van der Waals surface area (Å²) in [5.41, 5.74) is 7.05. The van der Waals surface area contributed by atoms with Crippen LogP contribution in [0.2, 0.25) is 0 Å². The highest BCUT2D eigenvalue weighted by molar-refractivity contribution is 7.99. The van der Waals surface area contributed by atoms with Crippen LogP contribution in [0, 0.1) is 5.92 Å². The lowest BCUT2D eigenvalue weighted by atomic mass is 10.1. The van der Waals surface area contributed by atoms with E-state index in [1.165, 1.54) is 10.5 Å². The normalized spacial score (nSPS) is 13.0. The van der Waals surface area contributed by atoms with Crippen molar-refractivity contribution in [2.45, 2.75) is 31.7 Å². The summed E-state index contributed by atoms with van der Waals surface area (Å²) < 4.78 is 5.55. The molecule has 0 heterocycles. The van der Waals surface area contributed by atoms with E-state index in [4.69, 9.17) is 10.5 Å². The summed E-state index contributed by atoms with van der Waals surface area (Å²) in [5.74, 6) is 1.61. The fraction of sp³-hybridized carbons (Fsp3) is 0.571. The number of thioether (sulfide) groups is 1. The molecule has 0 aromatic heterocycles.